The monoisotopic (exact) mass is 264 g/mol. The molecule has 1 aliphatic rings. The first kappa shape index (κ1) is 11.4. The van der Waals surface area contributed by atoms with Crippen molar-refractivity contribution in [3.63, 3.8) is 0 Å². The number of alkyl halides is 2. The van der Waals surface area contributed by atoms with E-state index in [4.69, 9.17) is 5.26 Å². The third-order valence-corrected chi connectivity index (χ3v) is 4.17. The van der Waals surface area contributed by atoms with Crippen molar-refractivity contribution in [3.05, 3.63) is 29.1 Å². The van der Waals surface area contributed by atoms with E-state index >= 15 is 0 Å². The number of rotatable bonds is 1. The van der Waals surface area contributed by atoms with Gasteiger partial charge in [-0.25, -0.2) is 8.78 Å². The Kier molecular flexibility index (Phi) is 2.49. The Morgan fingerprint density at radius 3 is 2.83 bits per heavy atom. The molecule has 2 aromatic rings. The van der Waals surface area contributed by atoms with Crippen LogP contribution < -0.4 is 4.90 Å². The number of hydrogen-bond donors (Lipinski definition) is 0. The first-order valence-corrected chi connectivity index (χ1v) is 6.52. The van der Waals surface area contributed by atoms with Crippen molar-refractivity contribution in [1.29, 1.82) is 5.26 Å². The van der Waals surface area contributed by atoms with E-state index in [1.165, 1.54) is 11.3 Å². The molecule has 18 heavy (non-hydrogen) atoms. The molecule has 0 unspecified atom stereocenters. The highest BCUT2D eigenvalue weighted by Crippen LogP contribution is 2.37. The molecule has 0 bridgehead atoms. The minimum absolute atomic E-state index is 0.0986. The maximum Gasteiger partial charge on any atom is 0.266 e. The summed E-state index contributed by atoms with van der Waals surface area (Å²) < 4.78 is 27.4. The van der Waals surface area contributed by atoms with E-state index in [1.54, 1.807) is 17.0 Å². The molecule has 1 aliphatic heterocycles. The van der Waals surface area contributed by atoms with Crippen molar-refractivity contribution >= 4 is 27.1 Å². The summed E-state index contributed by atoms with van der Waals surface area (Å²) >= 11 is 1.47. The number of benzene rings is 1. The summed E-state index contributed by atoms with van der Waals surface area (Å²) in [5, 5.41) is 11.8. The van der Waals surface area contributed by atoms with Crippen LogP contribution in [0.15, 0.2) is 23.6 Å². The smallest absolute Gasteiger partial charge is 0.266 e. The lowest BCUT2D eigenvalue weighted by Gasteiger charge is -2.19. The molecule has 1 aromatic carbocycles. The van der Waals surface area contributed by atoms with Crippen molar-refractivity contribution < 1.29 is 8.78 Å². The van der Waals surface area contributed by atoms with Crippen LogP contribution >= 0.6 is 11.3 Å². The zero-order valence-electron chi connectivity index (χ0n) is 9.49. The van der Waals surface area contributed by atoms with Crippen LogP contribution in [0.1, 0.15) is 12.0 Å². The van der Waals surface area contributed by atoms with E-state index in [2.05, 4.69) is 6.07 Å². The van der Waals surface area contributed by atoms with Crippen LogP contribution in [0.3, 0.4) is 0 Å². The first-order chi connectivity index (χ1) is 8.61. The quantitative estimate of drug-likeness (QED) is 0.786. The zero-order chi connectivity index (χ0) is 12.8. The van der Waals surface area contributed by atoms with Gasteiger partial charge in [0.1, 0.15) is 6.07 Å². The number of halogens is 2. The number of hydrogen-bond acceptors (Lipinski definition) is 3. The molecule has 0 aliphatic carbocycles. The van der Waals surface area contributed by atoms with Gasteiger partial charge < -0.3 is 4.90 Å². The largest absolute Gasteiger partial charge is 0.365 e. The number of anilines is 1. The second kappa shape index (κ2) is 3.92. The Morgan fingerprint density at radius 1 is 1.33 bits per heavy atom. The molecule has 5 heteroatoms. The van der Waals surface area contributed by atoms with Crippen molar-refractivity contribution in [3.8, 4) is 6.07 Å². The van der Waals surface area contributed by atoms with E-state index in [-0.39, 0.29) is 13.0 Å². The number of thiophene rings is 1. The van der Waals surface area contributed by atoms with Gasteiger partial charge in [-0.3, -0.25) is 0 Å². The maximum atomic E-state index is 13.3. The second-order valence-corrected chi connectivity index (χ2v) is 5.35. The Labute approximate surface area is 107 Å². The minimum Gasteiger partial charge on any atom is -0.365 e. The Hall–Kier alpha value is -1.67. The third kappa shape index (κ3) is 1.73. The fraction of sp³-hybridized carbons (Fsp3) is 0.308. The minimum atomic E-state index is -2.60. The Morgan fingerprint density at radius 2 is 2.17 bits per heavy atom. The molecule has 0 radical (unpaired) electrons. The van der Waals surface area contributed by atoms with Crippen LogP contribution in [0.5, 0.6) is 0 Å². The van der Waals surface area contributed by atoms with Gasteiger partial charge in [0.25, 0.3) is 5.92 Å². The molecule has 0 saturated carbocycles. The lowest BCUT2D eigenvalue weighted by Crippen LogP contribution is -2.24. The van der Waals surface area contributed by atoms with Crippen LogP contribution in [-0.4, -0.2) is 19.0 Å². The number of fused-ring (bicyclic) bond motifs is 1. The van der Waals surface area contributed by atoms with E-state index in [0.717, 1.165) is 15.8 Å². The van der Waals surface area contributed by atoms with Crippen LogP contribution in [0.2, 0.25) is 0 Å². The topological polar surface area (TPSA) is 27.0 Å². The Bertz CT molecular complexity index is 642. The fourth-order valence-corrected chi connectivity index (χ4v) is 3.23. The molecule has 1 saturated heterocycles. The highest BCUT2D eigenvalue weighted by atomic mass is 32.1. The van der Waals surface area contributed by atoms with Crippen LogP contribution in [0.25, 0.3) is 10.1 Å². The van der Waals surface area contributed by atoms with E-state index < -0.39 is 5.92 Å². The Balaban J connectivity index is 2.09. The summed E-state index contributed by atoms with van der Waals surface area (Å²) in [6.07, 6.45) is -0.0986. The number of nitriles is 1. The van der Waals surface area contributed by atoms with E-state index in [0.29, 0.717) is 12.1 Å². The lowest BCUT2D eigenvalue weighted by molar-refractivity contribution is 0.0257. The summed E-state index contributed by atoms with van der Waals surface area (Å²) in [7, 11) is 0. The van der Waals surface area contributed by atoms with Gasteiger partial charge in [-0.15, -0.1) is 11.3 Å². The van der Waals surface area contributed by atoms with Gasteiger partial charge in [-0.05, 0) is 23.6 Å². The van der Waals surface area contributed by atoms with Crippen molar-refractivity contribution in [1.82, 2.24) is 0 Å². The summed E-state index contributed by atoms with van der Waals surface area (Å²) in [6, 6.07) is 7.52. The molecule has 0 atom stereocenters. The molecule has 1 aromatic heterocycles. The predicted molar refractivity (Wildman–Crippen MR) is 68.3 cm³/mol. The fourth-order valence-electron chi connectivity index (χ4n) is 2.35. The zero-order valence-corrected chi connectivity index (χ0v) is 10.3. The van der Waals surface area contributed by atoms with Crippen LogP contribution in [-0.2, 0) is 0 Å². The van der Waals surface area contributed by atoms with Gasteiger partial charge in [0.05, 0.1) is 16.8 Å². The molecular formula is C13H10F2N2S. The predicted octanol–water partition coefficient (Wildman–Crippen LogP) is 3.62. The summed E-state index contributed by atoms with van der Waals surface area (Å²) in [6.45, 7) is 0.133. The normalized spacial score (nSPS) is 18.2. The van der Waals surface area contributed by atoms with Gasteiger partial charge in [-0.1, -0.05) is 0 Å². The van der Waals surface area contributed by atoms with Crippen molar-refractivity contribution in [2.75, 3.05) is 18.0 Å². The molecule has 0 N–H and O–H groups in total. The van der Waals surface area contributed by atoms with E-state index in [1.807, 2.05) is 11.4 Å². The molecular weight excluding hydrogens is 254 g/mol. The van der Waals surface area contributed by atoms with Gasteiger partial charge in [0.15, 0.2) is 0 Å². The standard InChI is InChI=1S/C13H10F2N2S/c14-13(15)4-5-17(8-13)11-2-1-9(7-16)12-10(11)3-6-18-12/h1-3,6H,4-5,8H2. The van der Waals surface area contributed by atoms with Gasteiger partial charge in [-0.2, -0.15) is 5.26 Å². The maximum absolute atomic E-state index is 13.3. The lowest BCUT2D eigenvalue weighted by atomic mass is 10.1. The molecule has 0 spiro atoms. The van der Waals surface area contributed by atoms with Gasteiger partial charge in [0.2, 0.25) is 0 Å². The average Bonchev–Trinajstić information content (AvgIpc) is 2.94. The summed E-state index contributed by atoms with van der Waals surface area (Å²) in [5.41, 5.74) is 1.41. The molecule has 0 amide bonds. The number of nitrogens with zero attached hydrogens (tertiary/aromatic N) is 2. The third-order valence-electron chi connectivity index (χ3n) is 3.22. The van der Waals surface area contributed by atoms with Crippen molar-refractivity contribution in [2.45, 2.75) is 12.3 Å². The van der Waals surface area contributed by atoms with Gasteiger partial charge in [0, 0.05) is 24.0 Å². The van der Waals surface area contributed by atoms with Gasteiger partial charge >= 0.3 is 0 Å². The van der Waals surface area contributed by atoms with Crippen LogP contribution in [0.4, 0.5) is 14.5 Å². The molecule has 92 valence electrons. The molecule has 1 fully saturated rings. The highest BCUT2D eigenvalue weighted by molar-refractivity contribution is 7.17. The molecule has 3 rings (SSSR count). The summed E-state index contributed by atoms with van der Waals surface area (Å²) in [4.78, 5) is 1.70. The first-order valence-electron chi connectivity index (χ1n) is 5.64. The molecule has 2 nitrogen and oxygen atoms in total. The summed E-state index contributed by atoms with van der Waals surface area (Å²) in [5.74, 6) is -2.60. The SMILES string of the molecule is N#Cc1ccc(N2CCC(F)(F)C2)c2ccsc12. The van der Waals surface area contributed by atoms with Crippen LogP contribution in [0, 0.1) is 11.3 Å². The van der Waals surface area contributed by atoms with Crippen molar-refractivity contribution in [2.24, 2.45) is 0 Å². The average molecular weight is 264 g/mol. The highest BCUT2D eigenvalue weighted by Gasteiger charge is 2.38. The van der Waals surface area contributed by atoms with E-state index in [9.17, 15) is 8.78 Å². The second-order valence-electron chi connectivity index (χ2n) is 4.43. The molecule has 2 heterocycles.